The van der Waals surface area contributed by atoms with E-state index >= 15 is 0 Å². The number of hydrogen-bond acceptors (Lipinski definition) is 4. The Balaban J connectivity index is 2.05. The van der Waals surface area contributed by atoms with E-state index in [-0.39, 0.29) is 0 Å². The van der Waals surface area contributed by atoms with Crippen LogP contribution in [0.3, 0.4) is 0 Å². The van der Waals surface area contributed by atoms with E-state index in [0.717, 1.165) is 28.0 Å². The quantitative estimate of drug-likeness (QED) is 0.797. The third-order valence-electron chi connectivity index (χ3n) is 3.53. The maximum Gasteiger partial charge on any atom is 0.135 e. The van der Waals surface area contributed by atoms with Crippen LogP contribution in [0.4, 0.5) is 11.5 Å². The fourth-order valence-corrected chi connectivity index (χ4v) is 2.34. The first-order chi connectivity index (χ1) is 10.2. The first-order valence-electron chi connectivity index (χ1n) is 6.90. The highest BCUT2D eigenvalue weighted by Crippen LogP contribution is 2.25. The summed E-state index contributed by atoms with van der Waals surface area (Å²) < 4.78 is 0. The van der Waals surface area contributed by atoms with Crippen molar-refractivity contribution in [3.63, 3.8) is 0 Å². The van der Waals surface area contributed by atoms with Gasteiger partial charge < -0.3 is 10.2 Å². The number of anilines is 2. The molecule has 4 heteroatoms. The smallest absolute Gasteiger partial charge is 0.135 e. The second-order valence-corrected chi connectivity index (χ2v) is 5.11. The average Bonchev–Trinajstić information content (AvgIpc) is 2.53. The van der Waals surface area contributed by atoms with Crippen molar-refractivity contribution in [1.82, 2.24) is 9.97 Å². The second-order valence-electron chi connectivity index (χ2n) is 5.11. The summed E-state index contributed by atoms with van der Waals surface area (Å²) in [5.41, 5.74) is 4.22. The lowest BCUT2D eigenvalue weighted by Gasteiger charge is -2.12. The van der Waals surface area contributed by atoms with E-state index < -0.39 is 0 Å². The van der Waals surface area contributed by atoms with Gasteiger partial charge in [0.2, 0.25) is 0 Å². The molecule has 0 bridgehead atoms. The lowest BCUT2D eigenvalue weighted by molar-refractivity contribution is 1.13. The van der Waals surface area contributed by atoms with Crippen LogP contribution in [0.1, 0.15) is 0 Å². The fraction of sp³-hybridized carbons (Fsp3) is 0.176. The van der Waals surface area contributed by atoms with E-state index in [4.69, 9.17) is 4.98 Å². The number of fused-ring (bicyclic) bond motifs is 1. The van der Waals surface area contributed by atoms with Crippen molar-refractivity contribution in [3.8, 4) is 11.3 Å². The van der Waals surface area contributed by atoms with Gasteiger partial charge in [-0.1, -0.05) is 12.1 Å². The molecule has 0 spiro atoms. The van der Waals surface area contributed by atoms with Crippen LogP contribution in [0.25, 0.3) is 22.2 Å². The van der Waals surface area contributed by atoms with E-state index in [1.165, 1.54) is 5.69 Å². The number of aromatic nitrogens is 2. The number of nitrogens with one attached hydrogen (secondary N) is 1. The van der Waals surface area contributed by atoms with Crippen molar-refractivity contribution in [2.24, 2.45) is 0 Å². The molecule has 3 rings (SSSR count). The van der Waals surface area contributed by atoms with Gasteiger partial charge in [-0.25, -0.2) is 9.97 Å². The van der Waals surface area contributed by atoms with Crippen LogP contribution in [-0.2, 0) is 0 Å². The monoisotopic (exact) mass is 278 g/mol. The molecule has 21 heavy (non-hydrogen) atoms. The largest absolute Gasteiger partial charge is 0.378 e. The van der Waals surface area contributed by atoms with Gasteiger partial charge in [-0.2, -0.15) is 0 Å². The van der Waals surface area contributed by atoms with Crippen molar-refractivity contribution in [1.29, 1.82) is 0 Å². The van der Waals surface area contributed by atoms with E-state index in [0.29, 0.717) is 0 Å². The molecule has 0 aliphatic rings. The molecule has 2 aromatic heterocycles. The summed E-state index contributed by atoms with van der Waals surface area (Å²) in [6.07, 6.45) is 1.78. The van der Waals surface area contributed by atoms with Crippen molar-refractivity contribution in [2.45, 2.75) is 0 Å². The van der Waals surface area contributed by atoms with E-state index in [1.54, 1.807) is 6.20 Å². The summed E-state index contributed by atoms with van der Waals surface area (Å²) in [6, 6.07) is 14.5. The molecule has 0 unspecified atom stereocenters. The molecule has 0 aliphatic heterocycles. The molecule has 1 aromatic carbocycles. The predicted octanol–water partition coefficient (Wildman–Crippen LogP) is 3.40. The van der Waals surface area contributed by atoms with Crippen LogP contribution in [0.5, 0.6) is 0 Å². The van der Waals surface area contributed by atoms with Gasteiger partial charge in [-0.05, 0) is 30.3 Å². The molecule has 0 atom stereocenters. The highest BCUT2D eigenvalue weighted by atomic mass is 15.1. The van der Waals surface area contributed by atoms with Crippen LogP contribution in [0.2, 0.25) is 0 Å². The third kappa shape index (κ3) is 2.52. The molecule has 2 heterocycles. The Labute approximate surface area is 124 Å². The highest BCUT2D eigenvalue weighted by Gasteiger charge is 2.05. The van der Waals surface area contributed by atoms with Crippen molar-refractivity contribution >= 4 is 22.4 Å². The fourth-order valence-electron chi connectivity index (χ4n) is 2.34. The Morgan fingerprint density at radius 2 is 1.71 bits per heavy atom. The van der Waals surface area contributed by atoms with Crippen LogP contribution in [0, 0.1) is 0 Å². The van der Waals surface area contributed by atoms with Crippen molar-refractivity contribution in [2.75, 3.05) is 31.4 Å². The Hall–Kier alpha value is -2.62. The molecule has 4 nitrogen and oxygen atoms in total. The molecule has 106 valence electrons. The van der Waals surface area contributed by atoms with Gasteiger partial charge in [0.25, 0.3) is 0 Å². The number of pyridine rings is 2. The van der Waals surface area contributed by atoms with Gasteiger partial charge in [-0.15, -0.1) is 0 Å². The zero-order valence-corrected chi connectivity index (χ0v) is 12.5. The summed E-state index contributed by atoms with van der Waals surface area (Å²) in [5, 5.41) is 4.13. The van der Waals surface area contributed by atoms with Crippen LogP contribution < -0.4 is 10.2 Å². The first-order valence-corrected chi connectivity index (χ1v) is 6.90. The Morgan fingerprint density at radius 1 is 0.952 bits per heavy atom. The number of benzene rings is 1. The number of hydrogen-bond donors (Lipinski definition) is 1. The van der Waals surface area contributed by atoms with Gasteiger partial charge >= 0.3 is 0 Å². The molecule has 0 radical (unpaired) electrons. The highest BCUT2D eigenvalue weighted by molar-refractivity contribution is 5.90. The topological polar surface area (TPSA) is 41.1 Å². The van der Waals surface area contributed by atoms with Crippen LogP contribution in [0.15, 0.2) is 48.7 Å². The minimum Gasteiger partial charge on any atom is -0.378 e. The van der Waals surface area contributed by atoms with Gasteiger partial charge in [0, 0.05) is 44.0 Å². The SMILES string of the molecule is CNc1nccc2nc(-c3ccc(N(C)C)cc3)ccc12. The standard InChI is InChI=1S/C17H18N4/c1-18-17-14-8-9-15(20-16(14)10-11-19-17)12-4-6-13(7-5-12)21(2)3/h4-11H,1-3H3,(H,18,19). The van der Waals surface area contributed by atoms with Crippen molar-refractivity contribution in [3.05, 3.63) is 48.7 Å². The second kappa shape index (κ2) is 5.40. The number of rotatable bonds is 3. The van der Waals surface area contributed by atoms with Crippen LogP contribution in [-0.4, -0.2) is 31.1 Å². The molecule has 0 amide bonds. The summed E-state index contributed by atoms with van der Waals surface area (Å²) in [6.45, 7) is 0. The van der Waals surface area contributed by atoms with E-state index in [2.05, 4.69) is 45.5 Å². The van der Waals surface area contributed by atoms with Gasteiger partial charge in [-0.3, -0.25) is 0 Å². The minimum atomic E-state index is 0.856. The lowest BCUT2D eigenvalue weighted by atomic mass is 10.1. The molecule has 0 fully saturated rings. The molecule has 0 saturated carbocycles. The maximum atomic E-state index is 4.73. The van der Waals surface area contributed by atoms with Crippen molar-refractivity contribution < 1.29 is 0 Å². The predicted molar refractivity (Wildman–Crippen MR) is 88.8 cm³/mol. The molecule has 0 saturated heterocycles. The number of nitrogens with zero attached hydrogens (tertiary/aromatic N) is 3. The molecule has 0 aliphatic carbocycles. The lowest BCUT2D eigenvalue weighted by Crippen LogP contribution is -2.07. The van der Waals surface area contributed by atoms with E-state index in [1.807, 2.05) is 33.3 Å². The molecular weight excluding hydrogens is 260 g/mol. The Bertz CT molecular complexity index is 763. The molecular formula is C17H18N4. The summed E-state index contributed by atoms with van der Waals surface area (Å²) >= 11 is 0. The normalized spacial score (nSPS) is 10.6. The summed E-state index contributed by atoms with van der Waals surface area (Å²) in [5.74, 6) is 0.856. The summed E-state index contributed by atoms with van der Waals surface area (Å²) in [4.78, 5) is 11.1. The zero-order valence-electron chi connectivity index (χ0n) is 12.5. The molecule has 3 aromatic rings. The third-order valence-corrected chi connectivity index (χ3v) is 3.53. The van der Waals surface area contributed by atoms with Gasteiger partial charge in [0.1, 0.15) is 5.82 Å². The van der Waals surface area contributed by atoms with Gasteiger partial charge in [0.15, 0.2) is 0 Å². The minimum absolute atomic E-state index is 0.856. The maximum absolute atomic E-state index is 4.73. The first kappa shape index (κ1) is 13.4. The Kier molecular flexibility index (Phi) is 3.44. The van der Waals surface area contributed by atoms with Crippen LogP contribution >= 0.6 is 0 Å². The molecule has 1 N–H and O–H groups in total. The Morgan fingerprint density at radius 3 is 2.38 bits per heavy atom. The summed E-state index contributed by atoms with van der Waals surface area (Å²) in [7, 11) is 5.95. The van der Waals surface area contributed by atoms with E-state index in [9.17, 15) is 0 Å². The van der Waals surface area contributed by atoms with Gasteiger partial charge in [0.05, 0.1) is 11.2 Å². The zero-order chi connectivity index (χ0) is 14.8. The average molecular weight is 278 g/mol.